The number of hydrogen-bond acceptors (Lipinski definition) is 4. The predicted octanol–water partition coefficient (Wildman–Crippen LogP) is 3.47. The fraction of sp³-hybridized carbons (Fsp3) is 0.176. The number of anilines is 1. The Labute approximate surface area is 124 Å². The van der Waals surface area contributed by atoms with Gasteiger partial charge in [0.2, 0.25) is 0 Å². The van der Waals surface area contributed by atoms with Crippen molar-refractivity contribution in [3.63, 3.8) is 0 Å². The van der Waals surface area contributed by atoms with E-state index in [-0.39, 0.29) is 0 Å². The Morgan fingerprint density at radius 1 is 0.762 bits per heavy atom. The van der Waals surface area contributed by atoms with E-state index in [1.807, 2.05) is 48.6 Å². The van der Waals surface area contributed by atoms with E-state index in [2.05, 4.69) is 0 Å². The number of ether oxygens (including phenoxy) is 3. The molecule has 0 aromatic heterocycles. The van der Waals surface area contributed by atoms with Crippen LogP contribution in [0.15, 0.2) is 36.4 Å². The molecule has 0 bridgehead atoms. The highest BCUT2D eigenvalue weighted by Crippen LogP contribution is 2.25. The number of nitrogen functional groups attached to an aromatic ring is 1. The Morgan fingerprint density at radius 3 is 1.90 bits per heavy atom. The van der Waals surface area contributed by atoms with Crippen molar-refractivity contribution in [2.24, 2.45) is 0 Å². The molecule has 2 aromatic carbocycles. The first-order valence-corrected chi connectivity index (χ1v) is 6.51. The Bertz CT molecular complexity index is 628. The molecule has 0 aliphatic carbocycles. The Kier molecular flexibility index (Phi) is 4.72. The summed E-state index contributed by atoms with van der Waals surface area (Å²) in [5.41, 5.74) is 8.49. The van der Waals surface area contributed by atoms with Gasteiger partial charge >= 0.3 is 0 Å². The zero-order valence-electron chi connectivity index (χ0n) is 12.4. The van der Waals surface area contributed by atoms with Crippen molar-refractivity contribution < 1.29 is 14.2 Å². The van der Waals surface area contributed by atoms with Crippen LogP contribution >= 0.6 is 0 Å². The van der Waals surface area contributed by atoms with E-state index in [0.29, 0.717) is 11.4 Å². The molecule has 110 valence electrons. The standard InChI is InChI=1S/C17H19NO3/c1-19-14-8-13(9-15(11-14)20-2)5-4-12-6-7-17(21-3)16(18)10-12/h4-11H,18H2,1-3H3/b5-4+. The van der Waals surface area contributed by atoms with E-state index in [4.69, 9.17) is 19.9 Å². The molecule has 0 amide bonds. The number of rotatable bonds is 5. The average Bonchev–Trinajstić information content (AvgIpc) is 2.52. The molecule has 0 heterocycles. The van der Waals surface area contributed by atoms with E-state index in [1.54, 1.807) is 21.3 Å². The summed E-state index contributed by atoms with van der Waals surface area (Å²) in [4.78, 5) is 0. The van der Waals surface area contributed by atoms with Gasteiger partial charge in [0.25, 0.3) is 0 Å². The zero-order chi connectivity index (χ0) is 15.2. The van der Waals surface area contributed by atoms with Crippen molar-refractivity contribution in [2.75, 3.05) is 27.1 Å². The maximum Gasteiger partial charge on any atom is 0.141 e. The van der Waals surface area contributed by atoms with Crippen LogP contribution in [0.25, 0.3) is 12.2 Å². The van der Waals surface area contributed by atoms with Crippen molar-refractivity contribution in [3.8, 4) is 17.2 Å². The van der Waals surface area contributed by atoms with Gasteiger partial charge in [-0.05, 0) is 35.4 Å². The Hall–Kier alpha value is -2.62. The fourth-order valence-corrected chi connectivity index (χ4v) is 1.97. The molecular weight excluding hydrogens is 266 g/mol. The molecule has 0 unspecified atom stereocenters. The molecule has 0 saturated heterocycles. The molecule has 0 radical (unpaired) electrons. The molecule has 4 nitrogen and oxygen atoms in total. The van der Waals surface area contributed by atoms with E-state index in [1.165, 1.54) is 0 Å². The second kappa shape index (κ2) is 6.70. The van der Waals surface area contributed by atoms with E-state index in [0.717, 1.165) is 22.6 Å². The lowest BCUT2D eigenvalue weighted by Crippen LogP contribution is -1.92. The van der Waals surface area contributed by atoms with Crippen molar-refractivity contribution in [3.05, 3.63) is 47.5 Å². The van der Waals surface area contributed by atoms with Gasteiger partial charge < -0.3 is 19.9 Å². The second-order valence-electron chi connectivity index (χ2n) is 4.48. The highest BCUT2D eigenvalue weighted by atomic mass is 16.5. The summed E-state index contributed by atoms with van der Waals surface area (Å²) in [6, 6.07) is 11.4. The zero-order valence-corrected chi connectivity index (χ0v) is 12.4. The summed E-state index contributed by atoms with van der Waals surface area (Å²) in [6.45, 7) is 0. The third-order valence-corrected chi connectivity index (χ3v) is 3.10. The third kappa shape index (κ3) is 3.69. The van der Waals surface area contributed by atoms with Gasteiger partial charge in [-0.15, -0.1) is 0 Å². The molecule has 4 heteroatoms. The molecule has 2 rings (SSSR count). The minimum Gasteiger partial charge on any atom is -0.497 e. The normalized spacial score (nSPS) is 10.6. The molecule has 0 spiro atoms. The smallest absolute Gasteiger partial charge is 0.141 e. The van der Waals surface area contributed by atoms with Gasteiger partial charge in [-0.25, -0.2) is 0 Å². The molecule has 21 heavy (non-hydrogen) atoms. The Morgan fingerprint density at radius 2 is 1.38 bits per heavy atom. The van der Waals surface area contributed by atoms with Crippen molar-refractivity contribution in [1.29, 1.82) is 0 Å². The van der Waals surface area contributed by atoms with Gasteiger partial charge in [0.15, 0.2) is 0 Å². The monoisotopic (exact) mass is 285 g/mol. The average molecular weight is 285 g/mol. The quantitative estimate of drug-likeness (QED) is 0.675. The van der Waals surface area contributed by atoms with Gasteiger partial charge in [-0.2, -0.15) is 0 Å². The van der Waals surface area contributed by atoms with Crippen LogP contribution in [0.3, 0.4) is 0 Å². The minimum atomic E-state index is 0.614. The summed E-state index contributed by atoms with van der Waals surface area (Å²) in [5.74, 6) is 2.18. The summed E-state index contributed by atoms with van der Waals surface area (Å²) >= 11 is 0. The number of hydrogen-bond donors (Lipinski definition) is 1. The lowest BCUT2D eigenvalue weighted by atomic mass is 10.1. The molecule has 0 atom stereocenters. The van der Waals surface area contributed by atoms with Crippen LogP contribution in [-0.4, -0.2) is 21.3 Å². The first-order chi connectivity index (χ1) is 10.2. The van der Waals surface area contributed by atoms with E-state index < -0.39 is 0 Å². The van der Waals surface area contributed by atoms with E-state index >= 15 is 0 Å². The summed E-state index contributed by atoms with van der Waals surface area (Å²) < 4.78 is 15.6. The first kappa shape index (κ1) is 14.8. The van der Waals surface area contributed by atoms with Gasteiger partial charge in [-0.3, -0.25) is 0 Å². The molecule has 0 saturated carbocycles. The molecule has 0 aliphatic rings. The summed E-state index contributed by atoms with van der Waals surface area (Å²) in [5, 5.41) is 0. The number of methoxy groups -OCH3 is 3. The third-order valence-electron chi connectivity index (χ3n) is 3.10. The largest absolute Gasteiger partial charge is 0.497 e. The van der Waals surface area contributed by atoms with Crippen LogP contribution in [-0.2, 0) is 0 Å². The molecule has 2 N–H and O–H groups in total. The highest BCUT2D eigenvalue weighted by molar-refractivity contribution is 5.73. The summed E-state index contributed by atoms with van der Waals surface area (Å²) in [7, 11) is 4.86. The van der Waals surface area contributed by atoms with Crippen LogP contribution in [0.1, 0.15) is 11.1 Å². The topological polar surface area (TPSA) is 53.7 Å². The molecular formula is C17H19NO3. The van der Waals surface area contributed by atoms with Crippen LogP contribution in [0.2, 0.25) is 0 Å². The maximum atomic E-state index is 5.89. The van der Waals surface area contributed by atoms with Crippen molar-refractivity contribution in [1.82, 2.24) is 0 Å². The van der Waals surface area contributed by atoms with Gasteiger partial charge in [0, 0.05) is 6.07 Å². The molecule has 0 aliphatic heterocycles. The lowest BCUT2D eigenvalue weighted by Gasteiger charge is -2.06. The molecule has 2 aromatic rings. The lowest BCUT2D eigenvalue weighted by molar-refractivity contribution is 0.394. The van der Waals surface area contributed by atoms with Gasteiger partial charge in [0.05, 0.1) is 27.0 Å². The van der Waals surface area contributed by atoms with Gasteiger partial charge in [0.1, 0.15) is 17.2 Å². The SMILES string of the molecule is COc1cc(/C=C/c2ccc(OC)c(N)c2)cc(OC)c1. The van der Waals surface area contributed by atoms with Gasteiger partial charge in [-0.1, -0.05) is 18.2 Å². The minimum absolute atomic E-state index is 0.614. The Balaban J connectivity index is 2.26. The predicted molar refractivity (Wildman–Crippen MR) is 85.9 cm³/mol. The van der Waals surface area contributed by atoms with Crippen molar-refractivity contribution >= 4 is 17.8 Å². The fourth-order valence-electron chi connectivity index (χ4n) is 1.97. The maximum absolute atomic E-state index is 5.89. The second-order valence-corrected chi connectivity index (χ2v) is 4.48. The van der Waals surface area contributed by atoms with Crippen LogP contribution in [0, 0.1) is 0 Å². The van der Waals surface area contributed by atoms with Crippen LogP contribution < -0.4 is 19.9 Å². The van der Waals surface area contributed by atoms with Crippen molar-refractivity contribution in [2.45, 2.75) is 0 Å². The van der Waals surface area contributed by atoms with E-state index in [9.17, 15) is 0 Å². The van der Waals surface area contributed by atoms with Crippen LogP contribution in [0.4, 0.5) is 5.69 Å². The first-order valence-electron chi connectivity index (χ1n) is 6.51. The number of benzene rings is 2. The van der Waals surface area contributed by atoms with Crippen LogP contribution in [0.5, 0.6) is 17.2 Å². The highest BCUT2D eigenvalue weighted by Gasteiger charge is 2.01. The number of nitrogens with two attached hydrogens (primary N) is 1. The summed E-state index contributed by atoms with van der Waals surface area (Å²) in [6.07, 6.45) is 3.95. The molecule has 0 fully saturated rings.